The summed E-state index contributed by atoms with van der Waals surface area (Å²) >= 11 is 1.25. The van der Waals surface area contributed by atoms with E-state index in [9.17, 15) is 13.6 Å². The molecule has 0 radical (unpaired) electrons. The Morgan fingerprint density at radius 1 is 1.23 bits per heavy atom. The van der Waals surface area contributed by atoms with Crippen molar-refractivity contribution in [3.63, 3.8) is 0 Å². The van der Waals surface area contributed by atoms with Crippen LogP contribution < -0.4 is 4.90 Å². The van der Waals surface area contributed by atoms with Gasteiger partial charge in [-0.1, -0.05) is 17.4 Å². The molecule has 1 unspecified atom stereocenters. The second kappa shape index (κ2) is 7.09. The van der Waals surface area contributed by atoms with Gasteiger partial charge in [0.15, 0.2) is 5.13 Å². The Balaban J connectivity index is 1.72. The van der Waals surface area contributed by atoms with E-state index in [0.717, 1.165) is 12.8 Å². The van der Waals surface area contributed by atoms with Crippen LogP contribution in [0.25, 0.3) is 10.2 Å². The number of para-hydroxylation sites is 1. The Kier molecular flexibility index (Phi) is 4.65. The average molecular weight is 374 g/mol. The molecule has 2 aromatic carbocycles. The summed E-state index contributed by atoms with van der Waals surface area (Å²) in [6.07, 6.45) is 1.71. The van der Waals surface area contributed by atoms with Crippen LogP contribution in [-0.2, 0) is 4.74 Å². The van der Waals surface area contributed by atoms with Crippen LogP contribution in [0.3, 0.4) is 0 Å². The van der Waals surface area contributed by atoms with Gasteiger partial charge in [-0.05, 0) is 49.2 Å². The van der Waals surface area contributed by atoms with Gasteiger partial charge >= 0.3 is 0 Å². The molecule has 1 fully saturated rings. The van der Waals surface area contributed by atoms with Crippen LogP contribution in [0.2, 0.25) is 0 Å². The number of hydrogen-bond acceptors (Lipinski definition) is 4. The van der Waals surface area contributed by atoms with Gasteiger partial charge in [0.1, 0.15) is 17.2 Å². The number of carbonyl (C=O) groups is 1. The largest absolute Gasteiger partial charge is 0.376 e. The molecule has 1 amide bonds. The van der Waals surface area contributed by atoms with Crippen molar-refractivity contribution in [2.45, 2.75) is 18.9 Å². The fourth-order valence-electron chi connectivity index (χ4n) is 3.01. The van der Waals surface area contributed by atoms with Crippen LogP contribution in [0.15, 0.2) is 42.5 Å². The van der Waals surface area contributed by atoms with Crippen LogP contribution in [0, 0.1) is 11.6 Å². The Morgan fingerprint density at radius 3 is 2.73 bits per heavy atom. The fourth-order valence-corrected chi connectivity index (χ4v) is 3.99. The first-order valence-electron chi connectivity index (χ1n) is 8.36. The number of ether oxygens (including phenoxy) is 1. The van der Waals surface area contributed by atoms with Gasteiger partial charge in [0.2, 0.25) is 0 Å². The number of hydrogen-bond donors (Lipinski definition) is 0. The fraction of sp³-hybridized carbons (Fsp3) is 0.263. The molecule has 0 spiro atoms. The monoisotopic (exact) mass is 374 g/mol. The number of rotatable bonds is 4. The molecule has 7 heteroatoms. The van der Waals surface area contributed by atoms with Gasteiger partial charge in [0, 0.05) is 12.2 Å². The predicted octanol–water partition coefficient (Wildman–Crippen LogP) is 4.40. The zero-order valence-electron chi connectivity index (χ0n) is 13.8. The van der Waals surface area contributed by atoms with Crippen LogP contribution >= 0.6 is 11.3 Å². The van der Waals surface area contributed by atoms with Crippen molar-refractivity contribution < 1.29 is 18.3 Å². The molecule has 0 saturated carbocycles. The third-order valence-corrected chi connectivity index (χ3v) is 5.38. The highest BCUT2D eigenvalue weighted by Gasteiger charge is 2.27. The lowest BCUT2D eigenvalue weighted by atomic mass is 10.1. The molecule has 1 aromatic heterocycles. The summed E-state index contributed by atoms with van der Waals surface area (Å²) in [5.74, 6) is -1.13. The van der Waals surface area contributed by atoms with Crippen molar-refractivity contribution in [1.29, 1.82) is 0 Å². The Hall–Kier alpha value is -2.38. The van der Waals surface area contributed by atoms with Crippen molar-refractivity contribution in [2.75, 3.05) is 18.1 Å². The standard InChI is InChI=1S/C19H16F2N2O2S/c20-13-8-6-12(7-9-13)18(24)23(11-14-3-2-10-25-14)19-22-17-15(21)4-1-5-16(17)26-19/h1,4-9,14H,2-3,10-11H2. The highest BCUT2D eigenvalue weighted by Crippen LogP contribution is 2.32. The maximum Gasteiger partial charge on any atom is 0.260 e. The molecule has 26 heavy (non-hydrogen) atoms. The maximum atomic E-state index is 14.0. The molecule has 1 aliphatic rings. The Bertz CT molecular complexity index is 936. The maximum absolute atomic E-state index is 14.0. The summed E-state index contributed by atoms with van der Waals surface area (Å²) in [5, 5.41) is 0.412. The molecule has 4 rings (SSSR count). The second-order valence-corrected chi connectivity index (χ2v) is 7.15. The molecule has 1 aliphatic heterocycles. The quantitative estimate of drug-likeness (QED) is 0.680. The van der Waals surface area contributed by atoms with Gasteiger partial charge in [-0.25, -0.2) is 13.8 Å². The normalized spacial score (nSPS) is 16.9. The lowest BCUT2D eigenvalue weighted by Gasteiger charge is -2.23. The van der Waals surface area contributed by atoms with Crippen LogP contribution in [0.1, 0.15) is 23.2 Å². The number of nitrogens with zero attached hydrogens (tertiary/aromatic N) is 2. The summed E-state index contributed by atoms with van der Waals surface area (Å²) in [6, 6.07) is 10.1. The summed E-state index contributed by atoms with van der Waals surface area (Å²) in [6.45, 7) is 0.995. The van der Waals surface area contributed by atoms with Crippen molar-refractivity contribution >= 4 is 32.6 Å². The minimum atomic E-state index is -0.420. The number of benzene rings is 2. The topological polar surface area (TPSA) is 42.4 Å². The molecule has 0 aliphatic carbocycles. The number of anilines is 1. The van der Waals surface area contributed by atoms with E-state index in [1.165, 1.54) is 46.6 Å². The van der Waals surface area contributed by atoms with E-state index in [1.807, 2.05) is 0 Å². The molecule has 134 valence electrons. The van der Waals surface area contributed by atoms with E-state index < -0.39 is 11.6 Å². The minimum Gasteiger partial charge on any atom is -0.376 e. The van der Waals surface area contributed by atoms with E-state index in [0.29, 0.717) is 28.5 Å². The molecule has 3 aromatic rings. The molecule has 4 nitrogen and oxygen atoms in total. The van der Waals surface area contributed by atoms with Crippen molar-refractivity contribution in [3.05, 3.63) is 59.7 Å². The number of carbonyl (C=O) groups excluding carboxylic acids is 1. The highest BCUT2D eigenvalue weighted by molar-refractivity contribution is 7.22. The van der Waals surface area contributed by atoms with Gasteiger partial charge in [0.25, 0.3) is 5.91 Å². The third kappa shape index (κ3) is 3.32. The zero-order chi connectivity index (χ0) is 18.1. The summed E-state index contributed by atoms with van der Waals surface area (Å²) in [4.78, 5) is 18.9. The lowest BCUT2D eigenvalue weighted by molar-refractivity contribution is 0.0917. The van der Waals surface area contributed by atoms with Crippen LogP contribution in [0.4, 0.5) is 13.9 Å². The van der Waals surface area contributed by atoms with Crippen LogP contribution in [-0.4, -0.2) is 30.1 Å². The first kappa shape index (κ1) is 17.1. The van der Waals surface area contributed by atoms with Gasteiger partial charge < -0.3 is 4.74 Å². The number of halogens is 2. The van der Waals surface area contributed by atoms with Gasteiger partial charge in [-0.2, -0.15) is 0 Å². The first-order chi connectivity index (χ1) is 12.6. The smallest absolute Gasteiger partial charge is 0.260 e. The van der Waals surface area contributed by atoms with Crippen LogP contribution in [0.5, 0.6) is 0 Å². The molecule has 1 saturated heterocycles. The predicted molar refractivity (Wildman–Crippen MR) is 96.6 cm³/mol. The number of aromatic nitrogens is 1. The van der Waals surface area contributed by atoms with Crippen molar-refractivity contribution in [2.24, 2.45) is 0 Å². The van der Waals surface area contributed by atoms with Crippen molar-refractivity contribution in [1.82, 2.24) is 4.98 Å². The molecule has 0 N–H and O–H groups in total. The average Bonchev–Trinajstić information content (AvgIpc) is 3.30. The molecular weight excluding hydrogens is 358 g/mol. The lowest BCUT2D eigenvalue weighted by Crippen LogP contribution is -2.37. The summed E-state index contributed by atoms with van der Waals surface area (Å²) in [5.41, 5.74) is 0.598. The van der Waals surface area contributed by atoms with E-state index >= 15 is 0 Å². The molecule has 2 heterocycles. The van der Waals surface area contributed by atoms with E-state index in [4.69, 9.17) is 4.74 Å². The van der Waals surface area contributed by atoms with Crippen molar-refractivity contribution in [3.8, 4) is 0 Å². The minimum absolute atomic E-state index is 0.0868. The van der Waals surface area contributed by atoms with E-state index in [1.54, 1.807) is 12.1 Å². The van der Waals surface area contributed by atoms with Gasteiger partial charge in [-0.3, -0.25) is 9.69 Å². The summed E-state index contributed by atoms with van der Waals surface area (Å²) < 4.78 is 33.5. The van der Waals surface area contributed by atoms with Gasteiger partial charge in [0.05, 0.1) is 17.3 Å². The van der Waals surface area contributed by atoms with Gasteiger partial charge in [-0.15, -0.1) is 0 Å². The molecule has 1 atom stereocenters. The number of thiazole rings is 1. The first-order valence-corrected chi connectivity index (χ1v) is 9.17. The van der Waals surface area contributed by atoms with E-state index in [2.05, 4.69) is 4.98 Å². The molecule has 0 bridgehead atoms. The highest BCUT2D eigenvalue weighted by atomic mass is 32.1. The number of amides is 1. The summed E-state index contributed by atoms with van der Waals surface area (Å²) in [7, 11) is 0. The number of fused-ring (bicyclic) bond motifs is 1. The zero-order valence-corrected chi connectivity index (χ0v) is 14.6. The Morgan fingerprint density at radius 2 is 2.04 bits per heavy atom. The second-order valence-electron chi connectivity index (χ2n) is 6.14. The third-order valence-electron chi connectivity index (χ3n) is 4.34. The molecular formula is C19H16F2N2O2S. The Labute approximate surface area is 153 Å². The van der Waals surface area contributed by atoms with E-state index in [-0.39, 0.29) is 17.5 Å². The SMILES string of the molecule is O=C(c1ccc(F)cc1)N(CC1CCCO1)c1nc2c(F)cccc2s1.